The highest BCUT2D eigenvalue weighted by Crippen LogP contribution is 2.50. The van der Waals surface area contributed by atoms with Crippen LogP contribution in [0.3, 0.4) is 0 Å². The maximum absolute atomic E-state index is 7.28. The van der Waals surface area contributed by atoms with Crippen LogP contribution in [-0.4, -0.2) is 12.7 Å². The van der Waals surface area contributed by atoms with Crippen molar-refractivity contribution in [3.05, 3.63) is 131 Å². The maximum Gasteiger partial charge on any atom is 0.0753 e. The maximum atomic E-state index is 7.28. The van der Waals surface area contributed by atoms with Crippen LogP contribution in [0, 0.1) is 0 Å². The van der Waals surface area contributed by atoms with E-state index in [1.165, 1.54) is 122 Å². The molecule has 1 atom stereocenters. The summed E-state index contributed by atoms with van der Waals surface area (Å²) < 4.78 is 7.28. The first-order valence-corrected chi connectivity index (χ1v) is 18.7. The van der Waals surface area contributed by atoms with Crippen LogP contribution >= 0.6 is 0 Å². The van der Waals surface area contributed by atoms with Gasteiger partial charge in [0.25, 0.3) is 0 Å². The van der Waals surface area contributed by atoms with Crippen LogP contribution in [0.5, 0.6) is 0 Å². The van der Waals surface area contributed by atoms with Gasteiger partial charge in [0.2, 0.25) is 0 Å². The number of fused-ring (bicyclic) bond motifs is 3. The van der Waals surface area contributed by atoms with Crippen molar-refractivity contribution in [2.75, 3.05) is 6.61 Å². The van der Waals surface area contributed by atoms with Gasteiger partial charge in [0.15, 0.2) is 0 Å². The molecule has 4 aromatic carbocycles. The Kier molecular flexibility index (Phi) is 13.6. The highest BCUT2D eigenvalue weighted by atomic mass is 16.5. The molecular weight excluding hydrogens is 556 g/mol. The molecule has 1 aliphatic rings. The molecule has 0 fully saturated rings. The van der Waals surface area contributed by atoms with Crippen molar-refractivity contribution in [3.8, 4) is 11.1 Å². The average molecular weight is 615 g/mol. The number of rotatable bonds is 21. The van der Waals surface area contributed by atoms with Gasteiger partial charge in [-0.1, -0.05) is 200 Å². The van der Waals surface area contributed by atoms with Crippen LogP contribution < -0.4 is 0 Å². The summed E-state index contributed by atoms with van der Waals surface area (Å²) in [4.78, 5) is 0. The molecule has 0 spiro atoms. The Bertz CT molecular complexity index is 1380. The van der Waals surface area contributed by atoms with Gasteiger partial charge in [-0.2, -0.15) is 0 Å². The summed E-state index contributed by atoms with van der Waals surface area (Å²) in [5.41, 5.74) is 9.40. The number of ether oxygens (including phenoxy) is 1. The Morgan fingerprint density at radius 1 is 0.522 bits per heavy atom. The lowest BCUT2D eigenvalue weighted by Crippen LogP contribution is -2.44. The molecule has 0 heterocycles. The van der Waals surface area contributed by atoms with E-state index in [9.17, 15) is 0 Å². The third-order valence-electron chi connectivity index (χ3n) is 10.4. The van der Waals surface area contributed by atoms with Crippen LogP contribution in [0.1, 0.15) is 138 Å². The second-order valence-corrected chi connectivity index (χ2v) is 13.6. The lowest BCUT2D eigenvalue weighted by atomic mass is 9.63. The SMILES string of the molecule is CCCCCCCCCCOC(CCCCCCCC)C(c1ccccc1)(c1ccccc1)c1cccc2c1Cc1ccccc1-2. The van der Waals surface area contributed by atoms with Gasteiger partial charge < -0.3 is 4.74 Å². The van der Waals surface area contributed by atoms with Gasteiger partial charge >= 0.3 is 0 Å². The van der Waals surface area contributed by atoms with Gasteiger partial charge in [-0.15, -0.1) is 0 Å². The largest absolute Gasteiger partial charge is 0.377 e. The fourth-order valence-corrected chi connectivity index (χ4v) is 7.95. The minimum atomic E-state index is -0.403. The molecule has 0 aromatic heterocycles. The highest BCUT2D eigenvalue weighted by molar-refractivity contribution is 5.79. The number of unbranched alkanes of at least 4 members (excludes halogenated alkanes) is 12. The third-order valence-corrected chi connectivity index (χ3v) is 10.4. The van der Waals surface area contributed by atoms with Crippen LogP contribution in [0.4, 0.5) is 0 Å². The smallest absolute Gasteiger partial charge is 0.0753 e. The number of benzene rings is 4. The molecule has 0 saturated heterocycles. The van der Waals surface area contributed by atoms with E-state index in [4.69, 9.17) is 4.74 Å². The fourth-order valence-electron chi connectivity index (χ4n) is 7.95. The van der Waals surface area contributed by atoms with Gasteiger partial charge in [-0.05, 0) is 58.2 Å². The molecule has 1 heteroatoms. The first-order valence-electron chi connectivity index (χ1n) is 18.7. The zero-order chi connectivity index (χ0) is 31.9. The molecule has 0 saturated carbocycles. The standard InChI is InChI=1S/C45H58O/c1-3-5-7-9-11-12-14-24-35-46-44(34-21-13-10-8-6-4-2)45(38-27-17-15-18-28-38,39-29-19-16-20-30-39)43-33-25-32-41-40-31-23-22-26-37(40)36-42(41)43/h15-20,22-23,25-33,44H,3-14,21,24,34-36H2,1-2H3. The molecule has 1 unspecified atom stereocenters. The summed E-state index contributed by atoms with van der Waals surface area (Å²) in [5.74, 6) is 0. The molecule has 0 N–H and O–H groups in total. The van der Waals surface area contributed by atoms with E-state index in [2.05, 4.69) is 117 Å². The third kappa shape index (κ3) is 8.21. The molecule has 4 aromatic rings. The second kappa shape index (κ2) is 18.2. The quantitative estimate of drug-likeness (QED) is 0.0590. The molecule has 5 rings (SSSR count). The van der Waals surface area contributed by atoms with E-state index in [1.807, 2.05) is 0 Å². The Hall–Kier alpha value is -3.16. The van der Waals surface area contributed by atoms with Gasteiger partial charge in [0.05, 0.1) is 11.5 Å². The normalized spacial score (nSPS) is 13.0. The second-order valence-electron chi connectivity index (χ2n) is 13.6. The Labute approximate surface area is 280 Å². The summed E-state index contributed by atoms with van der Waals surface area (Å²) in [6.45, 7) is 5.43. The molecular formula is C45H58O. The zero-order valence-electron chi connectivity index (χ0n) is 28.8. The Morgan fingerprint density at radius 2 is 1.04 bits per heavy atom. The number of hydrogen-bond acceptors (Lipinski definition) is 1. The minimum Gasteiger partial charge on any atom is -0.377 e. The molecule has 244 valence electrons. The van der Waals surface area contributed by atoms with E-state index in [1.54, 1.807) is 0 Å². The Morgan fingerprint density at radius 3 is 1.67 bits per heavy atom. The fraction of sp³-hybridized carbons (Fsp3) is 0.467. The summed E-state index contributed by atoms with van der Waals surface area (Å²) in [6.07, 6.45) is 20.4. The van der Waals surface area contributed by atoms with E-state index in [-0.39, 0.29) is 6.10 Å². The van der Waals surface area contributed by atoms with E-state index in [0.29, 0.717) is 0 Å². The molecule has 0 bridgehead atoms. The van der Waals surface area contributed by atoms with E-state index in [0.717, 1.165) is 25.9 Å². The molecule has 0 aliphatic heterocycles. The van der Waals surface area contributed by atoms with E-state index >= 15 is 0 Å². The van der Waals surface area contributed by atoms with Crippen LogP contribution in [0.25, 0.3) is 11.1 Å². The van der Waals surface area contributed by atoms with Crippen molar-refractivity contribution in [2.45, 2.75) is 128 Å². The van der Waals surface area contributed by atoms with Gasteiger partial charge in [0.1, 0.15) is 0 Å². The zero-order valence-corrected chi connectivity index (χ0v) is 28.8. The van der Waals surface area contributed by atoms with Crippen molar-refractivity contribution in [1.29, 1.82) is 0 Å². The lowest BCUT2D eigenvalue weighted by molar-refractivity contribution is 0.0106. The monoisotopic (exact) mass is 614 g/mol. The summed E-state index contributed by atoms with van der Waals surface area (Å²) in [7, 11) is 0. The predicted molar refractivity (Wildman–Crippen MR) is 198 cm³/mol. The molecule has 46 heavy (non-hydrogen) atoms. The summed E-state index contributed by atoms with van der Waals surface area (Å²) in [6, 6.07) is 38.8. The van der Waals surface area contributed by atoms with Crippen LogP contribution in [0.2, 0.25) is 0 Å². The van der Waals surface area contributed by atoms with Crippen LogP contribution in [-0.2, 0) is 16.6 Å². The minimum absolute atomic E-state index is 0.0447. The topological polar surface area (TPSA) is 9.23 Å². The van der Waals surface area contributed by atoms with Crippen molar-refractivity contribution in [3.63, 3.8) is 0 Å². The Balaban J connectivity index is 1.53. The highest BCUT2D eigenvalue weighted by Gasteiger charge is 2.46. The first-order chi connectivity index (χ1) is 22.8. The summed E-state index contributed by atoms with van der Waals surface area (Å²) >= 11 is 0. The average Bonchev–Trinajstić information content (AvgIpc) is 3.49. The van der Waals surface area contributed by atoms with Crippen molar-refractivity contribution in [2.24, 2.45) is 0 Å². The van der Waals surface area contributed by atoms with Gasteiger partial charge in [0, 0.05) is 6.61 Å². The lowest BCUT2D eigenvalue weighted by Gasteiger charge is -2.44. The molecule has 1 nitrogen and oxygen atoms in total. The molecule has 1 aliphatic carbocycles. The molecule has 0 amide bonds. The van der Waals surface area contributed by atoms with Gasteiger partial charge in [-0.3, -0.25) is 0 Å². The first kappa shape index (κ1) is 34.2. The van der Waals surface area contributed by atoms with Crippen molar-refractivity contribution >= 4 is 0 Å². The number of hydrogen-bond donors (Lipinski definition) is 0. The van der Waals surface area contributed by atoms with Crippen molar-refractivity contribution in [1.82, 2.24) is 0 Å². The van der Waals surface area contributed by atoms with Crippen LogP contribution in [0.15, 0.2) is 103 Å². The van der Waals surface area contributed by atoms with Gasteiger partial charge in [-0.25, -0.2) is 0 Å². The van der Waals surface area contributed by atoms with E-state index < -0.39 is 5.41 Å². The molecule has 0 radical (unpaired) electrons. The predicted octanol–water partition coefficient (Wildman–Crippen LogP) is 12.9. The van der Waals surface area contributed by atoms with Crippen molar-refractivity contribution < 1.29 is 4.74 Å². The summed E-state index contributed by atoms with van der Waals surface area (Å²) in [5, 5.41) is 0.